The fourth-order valence-electron chi connectivity index (χ4n) is 4.87. The second kappa shape index (κ2) is 6.32. The highest BCUT2D eigenvalue weighted by molar-refractivity contribution is 6.22. The van der Waals surface area contributed by atoms with Crippen molar-refractivity contribution in [1.82, 2.24) is 9.88 Å². The van der Waals surface area contributed by atoms with Gasteiger partial charge in [-0.1, -0.05) is 66.7 Å². The minimum Gasteiger partial charge on any atom is -0.356 e. The first kappa shape index (κ1) is 17.0. The van der Waals surface area contributed by atoms with E-state index in [4.69, 9.17) is 0 Å². The number of imide groups is 1. The van der Waals surface area contributed by atoms with Crippen LogP contribution in [0.1, 0.15) is 22.9 Å². The number of H-pyrrole nitrogens is 1. The van der Waals surface area contributed by atoms with Gasteiger partial charge in [0.15, 0.2) is 0 Å². The standard InChI is InChI=1S/C25H19N3O2/c29-24-21-15-19-18-13-7-8-14-20(18)26-22(19)23(16-9-3-1-4-10-16)28(21)25(30)27(24)17-11-5-2-6-12-17/h1-14,21,23,26H,15H2. The molecule has 30 heavy (non-hydrogen) atoms. The molecule has 0 spiro atoms. The molecule has 5 nitrogen and oxygen atoms in total. The second-order valence-electron chi connectivity index (χ2n) is 7.79. The van der Waals surface area contributed by atoms with Gasteiger partial charge in [0.05, 0.1) is 5.69 Å². The number of hydrogen-bond acceptors (Lipinski definition) is 2. The van der Waals surface area contributed by atoms with Crippen molar-refractivity contribution in [3.63, 3.8) is 0 Å². The smallest absolute Gasteiger partial charge is 0.332 e. The number of benzene rings is 3. The van der Waals surface area contributed by atoms with Gasteiger partial charge in [0.2, 0.25) is 0 Å². The molecule has 6 rings (SSSR count). The fraction of sp³-hybridized carbons (Fsp3) is 0.120. The number of amides is 3. The number of urea groups is 1. The third-order valence-electron chi connectivity index (χ3n) is 6.18. The van der Waals surface area contributed by atoms with Crippen molar-refractivity contribution in [3.05, 3.63) is 102 Å². The van der Waals surface area contributed by atoms with Gasteiger partial charge in [-0.05, 0) is 29.3 Å². The summed E-state index contributed by atoms with van der Waals surface area (Å²) in [4.78, 5) is 33.6. The molecular weight excluding hydrogens is 374 g/mol. The van der Waals surface area contributed by atoms with Crippen LogP contribution in [0.2, 0.25) is 0 Å². The monoisotopic (exact) mass is 393 g/mol. The number of fused-ring (bicyclic) bond motifs is 4. The van der Waals surface area contributed by atoms with E-state index in [0.29, 0.717) is 12.1 Å². The Morgan fingerprint density at radius 2 is 1.47 bits per heavy atom. The molecule has 1 saturated heterocycles. The van der Waals surface area contributed by atoms with E-state index in [-0.39, 0.29) is 18.0 Å². The number of nitrogens with zero attached hydrogens (tertiary/aromatic N) is 2. The molecule has 2 unspecified atom stereocenters. The van der Waals surface area contributed by atoms with Crippen molar-refractivity contribution in [2.75, 3.05) is 4.90 Å². The lowest BCUT2D eigenvalue weighted by Crippen LogP contribution is -2.44. The van der Waals surface area contributed by atoms with E-state index in [9.17, 15) is 9.59 Å². The molecular formula is C25H19N3O2. The largest absolute Gasteiger partial charge is 0.356 e. The Hall–Kier alpha value is -3.86. The Morgan fingerprint density at radius 1 is 0.800 bits per heavy atom. The number of aromatic amines is 1. The maximum atomic E-state index is 13.6. The molecule has 4 aromatic rings. The van der Waals surface area contributed by atoms with E-state index in [1.807, 2.05) is 66.7 Å². The van der Waals surface area contributed by atoms with Gasteiger partial charge < -0.3 is 4.98 Å². The Kier molecular flexibility index (Phi) is 3.59. The topological polar surface area (TPSA) is 56.4 Å². The normalized spacial score (nSPS) is 20.5. The van der Waals surface area contributed by atoms with Crippen molar-refractivity contribution in [3.8, 4) is 0 Å². The minimum absolute atomic E-state index is 0.164. The number of carbonyl (C=O) groups excluding carboxylic acids is 2. The first-order chi connectivity index (χ1) is 14.7. The van der Waals surface area contributed by atoms with Crippen molar-refractivity contribution >= 4 is 28.5 Å². The highest BCUT2D eigenvalue weighted by Gasteiger charge is 2.53. The summed E-state index contributed by atoms with van der Waals surface area (Å²) >= 11 is 0. The number of hydrogen-bond donors (Lipinski definition) is 1. The SMILES string of the molecule is O=C1C2Cc3c([nH]c4ccccc34)C(c3ccccc3)N2C(=O)N1c1ccccc1. The summed E-state index contributed by atoms with van der Waals surface area (Å²) in [7, 11) is 0. The van der Waals surface area contributed by atoms with E-state index < -0.39 is 6.04 Å². The Labute approximate surface area is 173 Å². The minimum atomic E-state index is -0.519. The van der Waals surface area contributed by atoms with Gasteiger partial charge in [0.25, 0.3) is 5.91 Å². The van der Waals surface area contributed by atoms with Gasteiger partial charge in [-0.3, -0.25) is 9.69 Å². The zero-order chi connectivity index (χ0) is 20.2. The molecule has 3 amide bonds. The van der Waals surface area contributed by atoms with Crippen molar-refractivity contribution in [2.45, 2.75) is 18.5 Å². The molecule has 5 heteroatoms. The maximum Gasteiger partial charge on any atom is 0.332 e. The molecule has 3 heterocycles. The van der Waals surface area contributed by atoms with Crippen LogP contribution in [0.4, 0.5) is 10.5 Å². The summed E-state index contributed by atoms with van der Waals surface area (Å²) in [6.07, 6.45) is 0.511. The molecule has 2 aliphatic rings. The van der Waals surface area contributed by atoms with Crippen LogP contribution < -0.4 is 4.90 Å². The fourth-order valence-corrected chi connectivity index (χ4v) is 4.87. The molecule has 1 aromatic heterocycles. The van der Waals surface area contributed by atoms with Gasteiger partial charge in [-0.2, -0.15) is 0 Å². The van der Waals surface area contributed by atoms with E-state index >= 15 is 0 Å². The van der Waals surface area contributed by atoms with E-state index in [1.54, 1.807) is 17.0 Å². The van der Waals surface area contributed by atoms with E-state index in [2.05, 4.69) is 11.1 Å². The van der Waals surface area contributed by atoms with Crippen LogP contribution in [-0.4, -0.2) is 27.9 Å². The maximum absolute atomic E-state index is 13.6. The Morgan fingerprint density at radius 3 is 2.23 bits per heavy atom. The average Bonchev–Trinajstić information content (AvgIpc) is 3.28. The quantitative estimate of drug-likeness (QED) is 0.504. The molecule has 1 N–H and O–H groups in total. The molecule has 0 saturated carbocycles. The molecule has 2 atom stereocenters. The lowest BCUT2D eigenvalue weighted by molar-refractivity contribution is -0.120. The number of carbonyl (C=O) groups is 2. The van der Waals surface area contributed by atoms with Crippen LogP contribution in [0.25, 0.3) is 10.9 Å². The van der Waals surface area contributed by atoms with E-state index in [0.717, 1.165) is 27.7 Å². The van der Waals surface area contributed by atoms with Crippen LogP contribution in [0.5, 0.6) is 0 Å². The predicted molar refractivity (Wildman–Crippen MR) is 115 cm³/mol. The first-order valence-corrected chi connectivity index (χ1v) is 10.1. The number of para-hydroxylation sites is 2. The number of aromatic nitrogens is 1. The Bertz CT molecular complexity index is 1280. The lowest BCUT2D eigenvalue weighted by Gasteiger charge is -2.36. The molecule has 0 radical (unpaired) electrons. The van der Waals surface area contributed by atoms with Gasteiger partial charge in [0.1, 0.15) is 12.1 Å². The van der Waals surface area contributed by atoms with Gasteiger partial charge in [-0.15, -0.1) is 0 Å². The summed E-state index contributed by atoms with van der Waals surface area (Å²) in [5.74, 6) is -0.164. The molecule has 2 aliphatic heterocycles. The van der Waals surface area contributed by atoms with Crippen molar-refractivity contribution in [1.29, 1.82) is 0 Å². The third-order valence-corrected chi connectivity index (χ3v) is 6.18. The highest BCUT2D eigenvalue weighted by atomic mass is 16.2. The molecule has 3 aromatic carbocycles. The van der Waals surface area contributed by atoms with Crippen LogP contribution >= 0.6 is 0 Å². The molecule has 0 aliphatic carbocycles. The van der Waals surface area contributed by atoms with Gasteiger partial charge in [0, 0.05) is 23.0 Å². The highest BCUT2D eigenvalue weighted by Crippen LogP contribution is 2.44. The van der Waals surface area contributed by atoms with Gasteiger partial charge in [-0.25, -0.2) is 9.69 Å². The second-order valence-corrected chi connectivity index (χ2v) is 7.79. The molecule has 146 valence electrons. The van der Waals surface area contributed by atoms with Crippen LogP contribution in [-0.2, 0) is 11.2 Å². The Balaban J connectivity index is 1.56. The molecule has 1 fully saturated rings. The zero-order valence-corrected chi connectivity index (χ0v) is 16.2. The van der Waals surface area contributed by atoms with Crippen LogP contribution in [0.15, 0.2) is 84.9 Å². The summed E-state index contributed by atoms with van der Waals surface area (Å²) in [5, 5.41) is 1.12. The predicted octanol–water partition coefficient (Wildman–Crippen LogP) is 4.65. The summed E-state index contributed by atoms with van der Waals surface area (Å²) in [6, 6.07) is 26.1. The van der Waals surface area contributed by atoms with Crippen molar-refractivity contribution < 1.29 is 9.59 Å². The number of nitrogens with one attached hydrogen (secondary N) is 1. The summed E-state index contributed by atoms with van der Waals surface area (Å²) in [5.41, 5.74) is 4.75. The molecule has 0 bridgehead atoms. The van der Waals surface area contributed by atoms with Crippen LogP contribution in [0.3, 0.4) is 0 Å². The van der Waals surface area contributed by atoms with Crippen molar-refractivity contribution in [2.24, 2.45) is 0 Å². The summed E-state index contributed by atoms with van der Waals surface area (Å²) in [6.45, 7) is 0. The third kappa shape index (κ3) is 2.29. The summed E-state index contributed by atoms with van der Waals surface area (Å²) < 4.78 is 0. The number of anilines is 1. The average molecular weight is 393 g/mol. The van der Waals surface area contributed by atoms with Crippen LogP contribution in [0, 0.1) is 0 Å². The van der Waals surface area contributed by atoms with Gasteiger partial charge >= 0.3 is 6.03 Å². The first-order valence-electron chi connectivity index (χ1n) is 10.1. The lowest BCUT2D eigenvalue weighted by atomic mass is 9.89. The van der Waals surface area contributed by atoms with E-state index in [1.165, 1.54) is 4.90 Å². The zero-order valence-electron chi connectivity index (χ0n) is 16.2. The number of rotatable bonds is 2.